The monoisotopic (exact) mass is 751 g/mol. The molecule has 5 aromatic rings. The highest BCUT2D eigenvalue weighted by Crippen LogP contribution is 2.68. The average Bonchev–Trinajstić information content (AvgIpc) is 3.44. The van der Waals surface area contributed by atoms with Crippen molar-refractivity contribution in [2.75, 3.05) is 6.26 Å². The topological polar surface area (TPSA) is 152 Å². The third-order valence-electron chi connectivity index (χ3n) is 8.74. The van der Waals surface area contributed by atoms with Gasteiger partial charge in [-0.25, -0.2) is 35.7 Å². The van der Waals surface area contributed by atoms with Gasteiger partial charge in [0.2, 0.25) is 15.9 Å². The number of rotatable bonds is 10. The highest BCUT2D eigenvalue weighted by molar-refractivity contribution is 7.89. The molecule has 0 aliphatic heterocycles. The molecule has 19 heteroatoms. The summed E-state index contributed by atoms with van der Waals surface area (Å²) in [6.07, 6.45) is -1.33. The molecule has 3 aromatic heterocycles. The van der Waals surface area contributed by atoms with Crippen LogP contribution in [0.3, 0.4) is 0 Å². The molecule has 266 valence electrons. The molecule has 2 unspecified atom stereocenters. The molecule has 11 nitrogen and oxygen atoms in total. The van der Waals surface area contributed by atoms with Crippen LogP contribution >= 0.6 is 11.6 Å². The first-order valence-electron chi connectivity index (χ1n) is 15.2. The Bertz CT molecular complexity index is 2350. The van der Waals surface area contributed by atoms with Crippen LogP contribution in [0.2, 0.25) is 5.02 Å². The lowest BCUT2D eigenvalue weighted by Gasteiger charge is -2.23. The summed E-state index contributed by atoms with van der Waals surface area (Å²) >= 11 is 6.24. The van der Waals surface area contributed by atoms with Gasteiger partial charge in [0, 0.05) is 23.1 Å². The maximum atomic E-state index is 15.2. The molecule has 51 heavy (non-hydrogen) atoms. The lowest BCUT2D eigenvalue weighted by Crippen LogP contribution is -2.35. The van der Waals surface area contributed by atoms with Gasteiger partial charge in [0.1, 0.15) is 35.1 Å². The number of carbonyl (C=O) groups excluding carboxylic acids is 2. The predicted octanol–water partition coefficient (Wildman–Crippen LogP) is 5.69. The standard InChI is InChI=1S/C32H24ClF6N7O4S/c1-51(49,50)45-31(48)19-7-14(2-3-21(19)33)17-10-22-24(11-40-43-22)42-27(17)23(6-13-4-15(34)8-16(35)5-13)41-25(47)12-46-29-26(28(44-46)30(36)37)18-9-20(18)32(29,38)39/h2-5,7-8,10-11,18,20,23,30H,6,9,12H2,1H3,(H,40,43)(H,41,47)(H,45,48)/t18-,20?,23?/m0/s1. The summed E-state index contributed by atoms with van der Waals surface area (Å²) in [5, 5.41) is 12.9. The van der Waals surface area contributed by atoms with Crippen LogP contribution in [0.25, 0.3) is 22.2 Å². The maximum Gasteiger partial charge on any atom is 0.293 e. The smallest absolute Gasteiger partial charge is 0.293 e. The zero-order valence-corrected chi connectivity index (χ0v) is 27.6. The number of hydrogen-bond donors (Lipinski definition) is 3. The molecule has 3 heterocycles. The van der Waals surface area contributed by atoms with Gasteiger partial charge in [-0.3, -0.25) is 19.4 Å². The fraction of sp³-hybridized carbons (Fsp3) is 0.281. The van der Waals surface area contributed by atoms with Crippen molar-refractivity contribution < 1.29 is 44.3 Å². The summed E-state index contributed by atoms with van der Waals surface area (Å²) < 4.78 is 113. The Kier molecular flexibility index (Phi) is 8.36. The number of fused-ring (bicyclic) bond motifs is 4. The van der Waals surface area contributed by atoms with E-state index in [0.717, 1.165) is 18.4 Å². The number of carbonyl (C=O) groups is 2. The third kappa shape index (κ3) is 6.53. The van der Waals surface area contributed by atoms with Gasteiger partial charge in [-0.05, 0) is 60.2 Å². The molecule has 0 bridgehead atoms. The highest BCUT2D eigenvalue weighted by atomic mass is 35.5. The number of alkyl halides is 4. The van der Waals surface area contributed by atoms with Crippen molar-refractivity contribution in [3.05, 3.63) is 99.1 Å². The van der Waals surface area contributed by atoms with Crippen LogP contribution in [0.1, 0.15) is 63.4 Å². The third-order valence-corrected chi connectivity index (χ3v) is 9.63. The molecule has 1 fully saturated rings. The number of aromatic nitrogens is 5. The van der Waals surface area contributed by atoms with Crippen molar-refractivity contribution in [3.8, 4) is 11.1 Å². The van der Waals surface area contributed by atoms with E-state index >= 15 is 8.78 Å². The molecule has 3 atom stereocenters. The number of nitrogens with one attached hydrogen (secondary N) is 3. The fourth-order valence-electron chi connectivity index (χ4n) is 6.61. The van der Waals surface area contributed by atoms with Crippen LogP contribution in [-0.2, 0) is 33.7 Å². The van der Waals surface area contributed by atoms with Gasteiger partial charge in [-0.15, -0.1) is 0 Å². The molecule has 2 aliphatic carbocycles. The molecular formula is C32H24ClF6N7O4S. The minimum absolute atomic E-state index is 0.0249. The molecule has 0 radical (unpaired) electrons. The second-order valence-electron chi connectivity index (χ2n) is 12.4. The number of amides is 2. The quantitative estimate of drug-likeness (QED) is 0.155. The molecule has 7 rings (SSSR count). The second kappa shape index (κ2) is 12.4. The van der Waals surface area contributed by atoms with E-state index in [4.69, 9.17) is 11.6 Å². The summed E-state index contributed by atoms with van der Waals surface area (Å²) in [6, 6.07) is 6.97. The van der Waals surface area contributed by atoms with Crippen molar-refractivity contribution >= 4 is 44.5 Å². The van der Waals surface area contributed by atoms with Gasteiger partial charge in [0.05, 0.1) is 40.3 Å². The first kappa shape index (κ1) is 34.5. The maximum absolute atomic E-state index is 15.2. The zero-order valence-electron chi connectivity index (χ0n) is 26.0. The Morgan fingerprint density at radius 1 is 1.10 bits per heavy atom. The highest BCUT2D eigenvalue weighted by Gasteiger charge is 2.67. The van der Waals surface area contributed by atoms with Crippen LogP contribution in [0.4, 0.5) is 26.3 Å². The Morgan fingerprint density at radius 3 is 2.51 bits per heavy atom. The van der Waals surface area contributed by atoms with Crippen LogP contribution in [0.5, 0.6) is 0 Å². The van der Waals surface area contributed by atoms with Gasteiger partial charge in [0.25, 0.3) is 18.3 Å². The minimum Gasteiger partial charge on any atom is -0.346 e. The number of H-pyrrole nitrogens is 1. The summed E-state index contributed by atoms with van der Waals surface area (Å²) in [7, 11) is -3.99. The predicted molar refractivity (Wildman–Crippen MR) is 170 cm³/mol. The molecule has 2 amide bonds. The van der Waals surface area contributed by atoms with Gasteiger partial charge < -0.3 is 5.32 Å². The van der Waals surface area contributed by atoms with Gasteiger partial charge in [0.15, 0.2) is 0 Å². The number of aromatic amines is 1. The Hall–Kier alpha value is -4.97. The number of hydrogen-bond acceptors (Lipinski definition) is 7. The van der Waals surface area contributed by atoms with E-state index in [0.29, 0.717) is 16.3 Å². The molecule has 2 aliphatic rings. The van der Waals surface area contributed by atoms with Gasteiger partial charge in [-0.1, -0.05) is 17.7 Å². The molecule has 1 saturated carbocycles. The van der Waals surface area contributed by atoms with Crippen molar-refractivity contribution in [1.82, 2.24) is 35.0 Å². The number of nitrogens with zero attached hydrogens (tertiary/aromatic N) is 4. The van der Waals surface area contributed by atoms with E-state index in [9.17, 15) is 35.6 Å². The first-order valence-corrected chi connectivity index (χ1v) is 17.4. The van der Waals surface area contributed by atoms with Crippen LogP contribution in [0, 0.1) is 17.6 Å². The first-order chi connectivity index (χ1) is 24.0. The molecule has 3 N–H and O–H groups in total. The normalized spacial score (nSPS) is 18.1. The lowest BCUT2D eigenvalue weighted by molar-refractivity contribution is -0.123. The van der Waals surface area contributed by atoms with Crippen molar-refractivity contribution in [1.29, 1.82) is 0 Å². The zero-order chi connectivity index (χ0) is 36.6. The van der Waals surface area contributed by atoms with Crippen molar-refractivity contribution in [2.24, 2.45) is 5.92 Å². The van der Waals surface area contributed by atoms with E-state index in [1.165, 1.54) is 24.4 Å². The Labute approximate surface area is 289 Å². The van der Waals surface area contributed by atoms with Gasteiger partial charge in [-0.2, -0.15) is 19.0 Å². The Morgan fingerprint density at radius 2 is 1.82 bits per heavy atom. The van der Waals surface area contributed by atoms with Gasteiger partial charge >= 0.3 is 0 Å². The SMILES string of the molecule is CS(=O)(=O)NC(=O)c1cc(-c2cc3[nH]ncc3nc2C(Cc2cc(F)cc(F)c2)NC(=O)Cn2nc(C(F)F)c3c2C(F)(F)C2C[C@H]32)ccc1Cl. The summed E-state index contributed by atoms with van der Waals surface area (Å²) in [5.74, 6) is -9.32. The summed E-state index contributed by atoms with van der Waals surface area (Å²) in [5.41, 5.74) is -0.889. The number of pyridine rings is 1. The van der Waals surface area contributed by atoms with Crippen molar-refractivity contribution in [3.63, 3.8) is 0 Å². The van der Waals surface area contributed by atoms with Crippen LogP contribution < -0.4 is 10.0 Å². The van der Waals surface area contributed by atoms with E-state index in [1.54, 1.807) is 6.07 Å². The summed E-state index contributed by atoms with van der Waals surface area (Å²) in [6.45, 7) is -0.905. The lowest BCUT2D eigenvalue weighted by atomic mass is 9.94. The molecular weight excluding hydrogens is 728 g/mol. The molecule has 2 aromatic carbocycles. The molecule has 0 saturated heterocycles. The number of sulfonamides is 1. The van der Waals surface area contributed by atoms with Crippen LogP contribution in [0.15, 0.2) is 48.7 Å². The van der Waals surface area contributed by atoms with Crippen LogP contribution in [-0.4, -0.2) is 51.4 Å². The van der Waals surface area contributed by atoms with E-state index in [-0.39, 0.29) is 56.9 Å². The van der Waals surface area contributed by atoms with E-state index < -0.39 is 81.6 Å². The van der Waals surface area contributed by atoms with E-state index in [2.05, 4.69) is 25.6 Å². The largest absolute Gasteiger partial charge is 0.346 e. The Balaban J connectivity index is 1.31. The average molecular weight is 752 g/mol. The molecule has 0 spiro atoms. The minimum atomic E-state index is -3.99. The summed E-state index contributed by atoms with van der Waals surface area (Å²) in [4.78, 5) is 31.1. The fourth-order valence-corrected chi connectivity index (χ4v) is 7.26. The van der Waals surface area contributed by atoms with E-state index in [1.807, 2.05) is 4.72 Å². The number of halogens is 7. The number of benzene rings is 2. The van der Waals surface area contributed by atoms with Crippen molar-refractivity contribution in [2.45, 2.75) is 43.7 Å². The second-order valence-corrected chi connectivity index (χ2v) is 14.6.